The van der Waals surface area contributed by atoms with Gasteiger partial charge in [-0.1, -0.05) is 0 Å². The van der Waals surface area contributed by atoms with Crippen LogP contribution >= 0.6 is 46.3 Å². The van der Waals surface area contributed by atoms with Crippen molar-refractivity contribution < 1.29 is 9.53 Å². The van der Waals surface area contributed by atoms with Crippen LogP contribution < -0.4 is 0 Å². The summed E-state index contributed by atoms with van der Waals surface area (Å²) in [6, 6.07) is 1.99. The Balaban J connectivity index is 0.00000121. The highest BCUT2D eigenvalue weighted by Crippen LogP contribution is 2.16. The van der Waals surface area contributed by atoms with Gasteiger partial charge in [0.15, 0.2) is 0 Å². The largest absolute Gasteiger partial charge is 0.469 e. The minimum absolute atomic E-state index is 0. The Bertz CT molecular complexity index is 262. The molecule has 0 saturated heterocycles. The summed E-state index contributed by atoms with van der Waals surface area (Å²) in [6.45, 7) is 0. The van der Waals surface area contributed by atoms with Crippen molar-refractivity contribution in [2.45, 2.75) is 6.42 Å². The fourth-order valence-electron chi connectivity index (χ4n) is 0.661. The van der Waals surface area contributed by atoms with E-state index in [0.717, 1.165) is 4.88 Å². The van der Waals surface area contributed by atoms with Crippen LogP contribution in [0.25, 0.3) is 0 Å². The first kappa shape index (κ1) is 12.2. The number of methoxy groups -OCH3 is 1. The zero-order valence-electron chi connectivity index (χ0n) is 6.37. The molecule has 0 aliphatic rings. The van der Waals surface area contributed by atoms with Gasteiger partial charge in [-0.3, -0.25) is 4.79 Å². The molecule has 0 atom stereocenters. The van der Waals surface area contributed by atoms with Gasteiger partial charge in [-0.25, -0.2) is 0 Å². The van der Waals surface area contributed by atoms with Crippen LogP contribution in [-0.2, 0) is 16.0 Å². The van der Waals surface area contributed by atoms with Gasteiger partial charge in [-0.05, 0) is 28.7 Å². The normalized spacial score (nSPS) is 8.83. The van der Waals surface area contributed by atoms with Crippen molar-refractivity contribution in [1.82, 2.24) is 0 Å². The quantitative estimate of drug-likeness (QED) is 0.618. The van der Waals surface area contributed by atoms with E-state index in [1.54, 1.807) is 11.3 Å². The zero-order chi connectivity index (χ0) is 8.27. The van der Waals surface area contributed by atoms with Crippen molar-refractivity contribution in [3.8, 4) is 0 Å². The highest BCUT2D eigenvalue weighted by atomic mass is 127. The molecule has 0 saturated carbocycles. The lowest BCUT2D eigenvalue weighted by atomic mass is 10.3. The van der Waals surface area contributed by atoms with E-state index in [-0.39, 0.29) is 18.4 Å². The fraction of sp³-hybridized carbons (Fsp3) is 0.286. The summed E-state index contributed by atoms with van der Waals surface area (Å²) >= 11 is 3.80. The molecule has 0 unspecified atom stereocenters. The van der Waals surface area contributed by atoms with Crippen molar-refractivity contribution in [3.63, 3.8) is 0 Å². The molecule has 0 aliphatic heterocycles. The van der Waals surface area contributed by atoms with Crippen LogP contribution in [0.15, 0.2) is 11.4 Å². The molecular formula is C7H8ClIO2S. The standard InChI is InChI=1S/C7H7IO2S.ClH/c1-10-7(9)3-6-2-5(8)4-11-6;/h2,4H,3H2,1H3;1H. The molecule has 12 heavy (non-hydrogen) atoms. The van der Waals surface area contributed by atoms with E-state index < -0.39 is 0 Å². The number of esters is 1. The number of ether oxygens (including phenoxy) is 1. The summed E-state index contributed by atoms with van der Waals surface area (Å²) in [4.78, 5) is 11.8. The van der Waals surface area contributed by atoms with Gasteiger partial charge >= 0.3 is 5.97 Å². The van der Waals surface area contributed by atoms with Crippen molar-refractivity contribution in [2.75, 3.05) is 7.11 Å². The molecule has 1 aromatic heterocycles. The number of hydrogen-bond donors (Lipinski definition) is 0. The van der Waals surface area contributed by atoms with Crippen LogP contribution in [0.1, 0.15) is 4.88 Å². The molecule has 2 nitrogen and oxygen atoms in total. The Morgan fingerprint density at radius 2 is 2.42 bits per heavy atom. The maximum atomic E-state index is 10.8. The topological polar surface area (TPSA) is 26.3 Å². The molecule has 0 aromatic carbocycles. The zero-order valence-corrected chi connectivity index (χ0v) is 10.2. The Hall–Kier alpha value is 0.190. The molecular weight excluding hydrogens is 310 g/mol. The number of thiophene rings is 1. The SMILES string of the molecule is COC(=O)Cc1cc(I)cs1.Cl. The predicted molar refractivity (Wildman–Crippen MR) is 60.0 cm³/mol. The van der Waals surface area contributed by atoms with E-state index in [9.17, 15) is 4.79 Å². The summed E-state index contributed by atoms with van der Waals surface area (Å²) in [5.41, 5.74) is 0. The highest BCUT2D eigenvalue weighted by Gasteiger charge is 2.04. The van der Waals surface area contributed by atoms with E-state index in [1.165, 1.54) is 10.7 Å². The minimum Gasteiger partial charge on any atom is -0.469 e. The maximum Gasteiger partial charge on any atom is 0.310 e. The molecule has 68 valence electrons. The summed E-state index contributed by atoms with van der Waals surface area (Å²) in [5, 5.41) is 2.01. The van der Waals surface area contributed by atoms with Crippen LogP contribution in [-0.4, -0.2) is 13.1 Å². The first-order valence-electron chi connectivity index (χ1n) is 3.02. The molecule has 5 heteroatoms. The molecule has 0 fully saturated rings. The molecule has 0 bridgehead atoms. The minimum atomic E-state index is -0.178. The molecule has 0 spiro atoms. The van der Waals surface area contributed by atoms with Gasteiger partial charge in [0.05, 0.1) is 13.5 Å². The second-order valence-electron chi connectivity index (χ2n) is 1.98. The van der Waals surface area contributed by atoms with Crippen LogP contribution in [0.2, 0.25) is 0 Å². The summed E-state index contributed by atoms with van der Waals surface area (Å²) < 4.78 is 5.70. The lowest BCUT2D eigenvalue weighted by molar-refractivity contribution is -0.139. The third kappa shape index (κ3) is 3.73. The number of hydrogen-bond acceptors (Lipinski definition) is 3. The van der Waals surface area contributed by atoms with Gasteiger partial charge in [0.25, 0.3) is 0 Å². The average molecular weight is 319 g/mol. The first-order chi connectivity index (χ1) is 5.22. The Labute approximate surface area is 94.9 Å². The Kier molecular flexibility index (Phi) is 5.86. The summed E-state index contributed by atoms with van der Waals surface area (Å²) in [7, 11) is 1.40. The second-order valence-corrected chi connectivity index (χ2v) is 4.23. The smallest absolute Gasteiger partial charge is 0.310 e. The van der Waals surface area contributed by atoms with Crippen LogP contribution in [0, 0.1) is 3.57 Å². The third-order valence-electron chi connectivity index (χ3n) is 1.17. The number of halogens is 2. The van der Waals surface area contributed by atoms with Crippen LogP contribution in [0.5, 0.6) is 0 Å². The van der Waals surface area contributed by atoms with Crippen LogP contribution in [0.3, 0.4) is 0 Å². The maximum absolute atomic E-state index is 10.8. The van der Waals surface area contributed by atoms with Crippen molar-refractivity contribution >= 4 is 52.3 Å². The first-order valence-corrected chi connectivity index (χ1v) is 4.98. The van der Waals surface area contributed by atoms with Gasteiger partial charge in [-0.2, -0.15) is 0 Å². The number of carbonyl (C=O) groups is 1. The molecule has 0 amide bonds. The molecule has 1 aromatic rings. The molecule has 0 N–H and O–H groups in total. The predicted octanol–water partition coefficient (Wildman–Crippen LogP) is 2.49. The summed E-state index contributed by atoms with van der Waals surface area (Å²) in [6.07, 6.45) is 0.393. The number of rotatable bonds is 2. The average Bonchev–Trinajstić information content (AvgIpc) is 2.35. The third-order valence-corrected chi connectivity index (χ3v) is 3.15. The van der Waals surface area contributed by atoms with E-state index in [4.69, 9.17) is 0 Å². The monoisotopic (exact) mass is 318 g/mol. The lowest BCUT2D eigenvalue weighted by Gasteiger charge is -1.93. The van der Waals surface area contributed by atoms with E-state index in [2.05, 4.69) is 27.3 Å². The summed E-state index contributed by atoms with van der Waals surface area (Å²) in [5.74, 6) is -0.178. The van der Waals surface area contributed by atoms with Gasteiger partial charge < -0.3 is 4.74 Å². The van der Waals surface area contributed by atoms with E-state index in [0.29, 0.717) is 6.42 Å². The number of carbonyl (C=O) groups excluding carboxylic acids is 1. The molecule has 1 heterocycles. The van der Waals surface area contributed by atoms with Crippen molar-refractivity contribution in [2.24, 2.45) is 0 Å². The molecule has 1 rings (SSSR count). The molecule has 0 radical (unpaired) electrons. The molecule has 0 aliphatic carbocycles. The highest BCUT2D eigenvalue weighted by molar-refractivity contribution is 14.1. The Morgan fingerprint density at radius 3 is 2.83 bits per heavy atom. The fourth-order valence-corrected chi connectivity index (χ4v) is 2.36. The Morgan fingerprint density at radius 1 is 1.75 bits per heavy atom. The lowest BCUT2D eigenvalue weighted by Crippen LogP contribution is -2.02. The van der Waals surface area contributed by atoms with E-state index >= 15 is 0 Å². The van der Waals surface area contributed by atoms with Crippen molar-refractivity contribution in [1.29, 1.82) is 0 Å². The van der Waals surface area contributed by atoms with Gasteiger partial charge in [0, 0.05) is 13.8 Å². The van der Waals surface area contributed by atoms with E-state index in [1.807, 2.05) is 11.4 Å². The van der Waals surface area contributed by atoms with Gasteiger partial charge in [-0.15, -0.1) is 23.7 Å². The second kappa shape index (κ2) is 5.77. The van der Waals surface area contributed by atoms with Crippen LogP contribution in [0.4, 0.5) is 0 Å². The van der Waals surface area contributed by atoms with Gasteiger partial charge in [0.2, 0.25) is 0 Å². The van der Waals surface area contributed by atoms with Gasteiger partial charge in [0.1, 0.15) is 0 Å². The van der Waals surface area contributed by atoms with Crippen molar-refractivity contribution in [3.05, 3.63) is 19.9 Å².